The summed E-state index contributed by atoms with van der Waals surface area (Å²) < 4.78 is 2.20. The van der Waals surface area contributed by atoms with Gasteiger partial charge in [0.2, 0.25) is 11.0 Å². The normalized spacial score (nSPS) is 12.3. The summed E-state index contributed by atoms with van der Waals surface area (Å²) in [5.41, 5.74) is 10.1. The Hall–Kier alpha value is -3.98. The molecular weight excluding hydrogens is 392 g/mol. The predicted octanol–water partition coefficient (Wildman–Crippen LogP) is 6.39. The van der Waals surface area contributed by atoms with Gasteiger partial charge in [0, 0.05) is 28.9 Å². The molecule has 5 aromatic rings. The van der Waals surface area contributed by atoms with Gasteiger partial charge in [-0.3, -0.25) is 4.79 Å². The molecule has 3 heteroatoms. The Morgan fingerprint density at radius 2 is 1.41 bits per heavy atom. The average Bonchev–Trinajstić information content (AvgIpc) is 2.80. The molecule has 0 amide bonds. The number of carbonyl (C=O) groups excluding carboxylic acids is 1. The number of ketones is 1. The Morgan fingerprint density at radius 1 is 0.719 bits per heavy atom. The Kier molecular flexibility index (Phi) is 3.96. The summed E-state index contributed by atoms with van der Waals surface area (Å²) in [5.74, 6) is 0.0697. The Morgan fingerprint density at radius 3 is 2.19 bits per heavy atom. The van der Waals surface area contributed by atoms with Crippen molar-refractivity contribution >= 4 is 39.0 Å². The van der Waals surface area contributed by atoms with E-state index >= 15 is 0 Å². The van der Waals surface area contributed by atoms with Crippen LogP contribution in [0.5, 0.6) is 0 Å². The van der Waals surface area contributed by atoms with Crippen molar-refractivity contribution in [2.75, 3.05) is 5.32 Å². The summed E-state index contributed by atoms with van der Waals surface area (Å²) in [6.07, 6.45) is 0. The minimum Gasteiger partial charge on any atom is -0.355 e. The van der Waals surface area contributed by atoms with Crippen molar-refractivity contribution in [2.45, 2.75) is 13.8 Å². The Balaban J connectivity index is 1.76. The molecule has 0 fully saturated rings. The summed E-state index contributed by atoms with van der Waals surface area (Å²) in [6, 6.07) is 27.0. The van der Waals surface area contributed by atoms with Gasteiger partial charge in [-0.1, -0.05) is 53.6 Å². The van der Waals surface area contributed by atoms with Gasteiger partial charge in [-0.2, -0.15) is 4.57 Å². The second-order valence-corrected chi connectivity index (χ2v) is 8.70. The number of hydrogen-bond donors (Lipinski definition) is 1. The second kappa shape index (κ2) is 6.76. The number of hydrogen-bond acceptors (Lipinski definition) is 2. The molecule has 1 heterocycles. The van der Waals surface area contributed by atoms with Crippen LogP contribution in [-0.2, 0) is 7.05 Å². The van der Waals surface area contributed by atoms with E-state index in [0.717, 1.165) is 50.0 Å². The third kappa shape index (κ3) is 2.61. The monoisotopic (exact) mass is 415 g/mol. The van der Waals surface area contributed by atoms with Crippen LogP contribution in [0.25, 0.3) is 32.9 Å². The van der Waals surface area contributed by atoms with Crippen molar-refractivity contribution in [3.63, 3.8) is 0 Å². The van der Waals surface area contributed by atoms with Crippen molar-refractivity contribution in [1.29, 1.82) is 0 Å². The number of fused-ring (bicyclic) bond motifs is 4. The fourth-order valence-corrected chi connectivity index (χ4v) is 4.98. The molecular formula is C29H23N2O+. The summed E-state index contributed by atoms with van der Waals surface area (Å²) >= 11 is 0. The van der Waals surface area contributed by atoms with Gasteiger partial charge >= 0.3 is 0 Å². The molecule has 0 saturated heterocycles. The SMILES string of the molecule is Cc1ccc(Nc2ccc3c4c2C(=O)c2ccccc2-c4c2cc(C)ccc2[n+]3C)cc1. The van der Waals surface area contributed by atoms with Crippen molar-refractivity contribution in [2.24, 2.45) is 7.05 Å². The molecule has 0 unspecified atom stereocenters. The lowest BCUT2D eigenvalue weighted by Gasteiger charge is -2.23. The first-order valence-corrected chi connectivity index (χ1v) is 10.9. The first-order chi connectivity index (χ1) is 15.5. The molecule has 0 bridgehead atoms. The molecule has 1 aliphatic rings. The van der Waals surface area contributed by atoms with Crippen LogP contribution in [0.3, 0.4) is 0 Å². The highest BCUT2D eigenvalue weighted by molar-refractivity contribution is 6.30. The van der Waals surface area contributed by atoms with Crippen LogP contribution in [0, 0.1) is 13.8 Å². The molecule has 32 heavy (non-hydrogen) atoms. The van der Waals surface area contributed by atoms with Gasteiger partial charge in [0.15, 0.2) is 5.78 Å². The third-order valence-electron chi connectivity index (χ3n) is 6.58. The number of anilines is 2. The van der Waals surface area contributed by atoms with E-state index in [4.69, 9.17) is 0 Å². The lowest BCUT2D eigenvalue weighted by molar-refractivity contribution is -0.617. The summed E-state index contributed by atoms with van der Waals surface area (Å²) in [7, 11) is 2.08. The number of carbonyl (C=O) groups is 1. The van der Waals surface area contributed by atoms with Gasteiger partial charge in [0.25, 0.3) is 0 Å². The minimum absolute atomic E-state index is 0.0697. The molecule has 4 aromatic carbocycles. The molecule has 6 rings (SSSR count). The number of nitrogens with one attached hydrogen (secondary N) is 1. The minimum atomic E-state index is 0.0697. The molecule has 0 radical (unpaired) electrons. The first kappa shape index (κ1) is 18.8. The smallest absolute Gasteiger partial charge is 0.214 e. The molecule has 154 valence electrons. The van der Waals surface area contributed by atoms with E-state index < -0.39 is 0 Å². The van der Waals surface area contributed by atoms with Crippen LogP contribution in [0.15, 0.2) is 78.9 Å². The second-order valence-electron chi connectivity index (χ2n) is 8.70. The topological polar surface area (TPSA) is 33.0 Å². The molecule has 1 aliphatic carbocycles. The highest BCUT2D eigenvalue weighted by atomic mass is 16.1. The van der Waals surface area contributed by atoms with Crippen LogP contribution in [0.2, 0.25) is 0 Å². The lowest BCUT2D eigenvalue weighted by atomic mass is 9.81. The molecule has 0 aliphatic heterocycles. The van der Waals surface area contributed by atoms with Crippen molar-refractivity contribution in [3.8, 4) is 11.1 Å². The number of aromatic nitrogens is 1. The number of aryl methyl sites for hydroxylation is 3. The lowest BCUT2D eigenvalue weighted by Crippen LogP contribution is -2.32. The molecule has 1 aromatic heterocycles. The number of rotatable bonds is 2. The highest BCUT2D eigenvalue weighted by Gasteiger charge is 2.33. The zero-order valence-electron chi connectivity index (χ0n) is 18.4. The Labute approximate surface area is 187 Å². The van der Waals surface area contributed by atoms with Crippen LogP contribution < -0.4 is 9.88 Å². The molecule has 0 saturated carbocycles. The molecule has 0 atom stereocenters. The standard InChI is InChI=1S/C29H22N2O/c1-17-8-11-19(12-9-17)30-23-13-15-25-28-26(22-16-18(2)10-14-24(22)31(25)3)20-6-4-5-7-21(20)29(32)27(23)28/h4-16H,1-3H3/p+1. The van der Waals surface area contributed by atoms with Gasteiger partial charge in [0.1, 0.15) is 7.05 Å². The van der Waals surface area contributed by atoms with Gasteiger partial charge in [-0.25, -0.2) is 0 Å². The quantitative estimate of drug-likeness (QED) is 0.263. The van der Waals surface area contributed by atoms with E-state index in [2.05, 4.69) is 85.4 Å². The average molecular weight is 416 g/mol. The fraction of sp³-hybridized carbons (Fsp3) is 0.103. The number of benzene rings is 4. The third-order valence-corrected chi connectivity index (χ3v) is 6.58. The largest absolute Gasteiger partial charge is 0.355 e. The fourth-order valence-electron chi connectivity index (χ4n) is 4.98. The van der Waals surface area contributed by atoms with Crippen LogP contribution >= 0.6 is 0 Å². The maximum absolute atomic E-state index is 13.8. The van der Waals surface area contributed by atoms with Gasteiger partial charge in [-0.05, 0) is 43.7 Å². The summed E-state index contributed by atoms with van der Waals surface area (Å²) in [4.78, 5) is 13.8. The predicted molar refractivity (Wildman–Crippen MR) is 131 cm³/mol. The van der Waals surface area contributed by atoms with Crippen LogP contribution in [0.4, 0.5) is 11.4 Å². The van der Waals surface area contributed by atoms with Crippen LogP contribution in [-0.4, -0.2) is 5.78 Å². The zero-order valence-corrected chi connectivity index (χ0v) is 18.4. The molecule has 0 spiro atoms. The van der Waals surface area contributed by atoms with Crippen molar-refractivity contribution in [3.05, 3.63) is 101 Å². The van der Waals surface area contributed by atoms with E-state index in [-0.39, 0.29) is 5.78 Å². The summed E-state index contributed by atoms with van der Waals surface area (Å²) in [5, 5.41) is 5.71. The van der Waals surface area contributed by atoms with E-state index in [0.29, 0.717) is 0 Å². The van der Waals surface area contributed by atoms with Crippen molar-refractivity contribution < 1.29 is 9.36 Å². The number of nitrogens with zero attached hydrogens (tertiary/aromatic N) is 1. The van der Waals surface area contributed by atoms with E-state index in [1.165, 1.54) is 16.5 Å². The maximum Gasteiger partial charge on any atom is 0.214 e. The number of pyridine rings is 1. The maximum atomic E-state index is 13.8. The summed E-state index contributed by atoms with van der Waals surface area (Å²) in [6.45, 7) is 4.19. The van der Waals surface area contributed by atoms with E-state index in [1.807, 2.05) is 24.3 Å². The first-order valence-electron chi connectivity index (χ1n) is 10.9. The highest BCUT2D eigenvalue weighted by Crippen LogP contribution is 2.45. The van der Waals surface area contributed by atoms with Crippen molar-refractivity contribution in [1.82, 2.24) is 0 Å². The van der Waals surface area contributed by atoms with Gasteiger partial charge < -0.3 is 5.32 Å². The molecule has 3 nitrogen and oxygen atoms in total. The zero-order chi connectivity index (χ0) is 22.0. The van der Waals surface area contributed by atoms with Gasteiger partial charge in [-0.15, -0.1) is 0 Å². The van der Waals surface area contributed by atoms with Gasteiger partial charge in [0.05, 0.1) is 22.0 Å². The molecule has 1 N–H and O–H groups in total. The Bertz CT molecular complexity index is 1580. The van der Waals surface area contributed by atoms with E-state index in [1.54, 1.807) is 0 Å². The van der Waals surface area contributed by atoms with Crippen LogP contribution in [0.1, 0.15) is 27.0 Å². The van der Waals surface area contributed by atoms with E-state index in [9.17, 15) is 4.79 Å².